The predicted molar refractivity (Wildman–Crippen MR) is 130 cm³/mol. The van der Waals surface area contributed by atoms with Crippen molar-refractivity contribution in [3.8, 4) is 0 Å². The molecule has 3 amide bonds. The number of pyridine rings is 1. The summed E-state index contributed by atoms with van der Waals surface area (Å²) in [5.74, 6) is 0.451. The average molecular weight is 486 g/mol. The van der Waals surface area contributed by atoms with Crippen LogP contribution < -0.4 is 10.2 Å². The maximum atomic E-state index is 12.6. The van der Waals surface area contributed by atoms with Gasteiger partial charge in [-0.1, -0.05) is 35.9 Å². The molecule has 0 saturated carbocycles. The number of carbonyl (C=O) groups is 3. The van der Waals surface area contributed by atoms with Gasteiger partial charge in [0.1, 0.15) is 5.82 Å². The van der Waals surface area contributed by atoms with Crippen molar-refractivity contribution in [3.05, 3.63) is 64.2 Å². The monoisotopic (exact) mass is 485 g/mol. The highest BCUT2D eigenvalue weighted by atomic mass is 35.5. The standard InChI is InChI=1S/C23H24ClN5O3S/c24-18-6-2-1-5-17(18)15-19-22(31)29(23(32)33-19)10-9-26-21(30)16-27-11-13-28(14-12-27)20-7-3-4-8-25-20/h1-8,15H,9-14,16H2,(H,26,30)/b19-15-. The van der Waals surface area contributed by atoms with E-state index >= 15 is 0 Å². The minimum atomic E-state index is -0.371. The van der Waals surface area contributed by atoms with Crippen LogP contribution in [0.2, 0.25) is 5.02 Å². The van der Waals surface area contributed by atoms with Gasteiger partial charge in [0.05, 0.1) is 11.4 Å². The molecule has 172 valence electrons. The molecular formula is C23H24ClN5O3S. The molecule has 0 bridgehead atoms. The molecule has 2 fully saturated rings. The Morgan fingerprint density at radius 2 is 1.85 bits per heavy atom. The van der Waals surface area contributed by atoms with E-state index in [1.807, 2.05) is 24.3 Å². The summed E-state index contributed by atoms with van der Waals surface area (Å²) in [5.41, 5.74) is 0.682. The number of piperazine rings is 1. The quantitative estimate of drug-likeness (QED) is 0.603. The molecule has 1 aromatic heterocycles. The number of anilines is 1. The molecule has 4 rings (SSSR count). The zero-order chi connectivity index (χ0) is 23.2. The lowest BCUT2D eigenvalue weighted by atomic mass is 10.2. The summed E-state index contributed by atoms with van der Waals surface area (Å²) in [6.07, 6.45) is 3.40. The van der Waals surface area contributed by atoms with Gasteiger partial charge < -0.3 is 10.2 Å². The number of imide groups is 1. The van der Waals surface area contributed by atoms with E-state index < -0.39 is 0 Å². The topological polar surface area (TPSA) is 85.8 Å². The number of nitrogens with one attached hydrogen (secondary N) is 1. The van der Waals surface area contributed by atoms with E-state index in [-0.39, 0.29) is 36.7 Å². The second-order valence-electron chi connectivity index (χ2n) is 7.66. The van der Waals surface area contributed by atoms with Gasteiger partial charge >= 0.3 is 0 Å². The summed E-state index contributed by atoms with van der Waals surface area (Å²) in [4.78, 5) is 47.4. The minimum absolute atomic E-state index is 0.125. The van der Waals surface area contributed by atoms with Crippen LogP contribution in [0.4, 0.5) is 10.6 Å². The number of hydrogen-bond acceptors (Lipinski definition) is 7. The highest BCUT2D eigenvalue weighted by molar-refractivity contribution is 8.18. The summed E-state index contributed by atoms with van der Waals surface area (Å²) < 4.78 is 0. The lowest BCUT2D eigenvalue weighted by Gasteiger charge is -2.34. The number of benzene rings is 1. The van der Waals surface area contributed by atoms with Crippen molar-refractivity contribution in [2.24, 2.45) is 0 Å². The number of hydrogen-bond donors (Lipinski definition) is 1. The Morgan fingerprint density at radius 1 is 1.09 bits per heavy atom. The maximum absolute atomic E-state index is 12.6. The predicted octanol–water partition coefficient (Wildman–Crippen LogP) is 2.71. The van der Waals surface area contributed by atoms with Crippen LogP contribution in [0.1, 0.15) is 5.56 Å². The van der Waals surface area contributed by atoms with Crippen molar-refractivity contribution < 1.29 is 14.4 Å². The smallest absolute Gasteiger partial charge is 0.293 e. The van der Waals surface area contributed by atoms with E-state index in [0.717, 1.165) is 48.7 Å². The highest BCUT2D eigenvalue weighted by Gasteiger charge is 2.34. The van der Waals surface area contributed by atoms with Crippen molar-refractivity contribution in [1.29, 1.82) is 0 Å². The first-order valence-electron chi connectivity index (χ1n) is 10.7. The molecule has 2 aliphatic rings. The lowest BCUT2D eigenvalue weighted by molar-refractivity contribution is -0.124. The van der Waals surface area contributed by atoms with E-state index in [2.05, 4.69) is 20.1 Å². The van der Waals surface area contributed by atoms with E-state index in [0.29, 0.717) is 15.5 Å². The van der Waals surface area contributed by atoms with E-state index in [4.69, 9.17) is 11.6 Å². The van der Waals surface area contributed by atoms with Crippen molar-refractivity contribution in [2.45, 2.75) is 0 Å². The third kappa shape index (κ3) is 5.93. The first-order valence-corrected chi connectivity index (χ1v) is 11.9. The Morgan fingerprint density at radius 3 is 2.58 bits per heavy atom. The number of aromatic nitrogens is 1. The molecule has 2 aliphatic heterocycles. The molecule has 0 spiro atoms. The van der Waals surface area contributed by atoms with Gasteiger partial charge in [0.2, 0.25) is 5.91 Å². The second-order valence-corrected chi connectivity index (χ2v) is 9.06. The molecule has 10 heteroatoms. The Labute approximate surface area is 201 Å². The van der Waals surface area contributed by atoms with Gasteiger partial charge in [0, 0.05) is 50.5 Å². The molecule has 2 aromatic rings. The third-order valence-electron chi connectivity index (χ3n) is 5.44. The third-order valence-corrected chi connectivity index (χ3v) is 6.69. The SMILES string of the molecule is O=C(CN1CCN(c2ccccn2)CC1)NCCN1C(=O)S/C(=C\c2ccccc2Cl)C1=O. The van der Waals surface area contributed by atoms with Crippen LogP contribution in [-0.4, -0.2) is 77.7 Å². The minimum Gasteiger partial charge on any atom is -0.354 e. The summed E-state index contributed by atoms with van der Waals surface area (Å²) in [6.45, 7) is 3.76. The van der Waals surface area contributed by atoms with Crippen molar-refractivity contribution >= 4 is 52.3 Å². The molecule has 8 nitrogen and oxygen atoms in total. The summed E-state index contributed by atoms with van der Waals surface area (Å²) in [6, 6.07) is 13.0. The molecule has 0 radical (unpaired) electrons. The number of carbonyl (C=O) groups excluding carboxylic acids is 3. The first-order chi connectivity index (χ1) is 16.0. The lowest BCUT2D eigenvalue weighted by Crippen LogP contribution is -2.50. The van der Waals surface area contributed by atoms with Gasteiger partial charge in [0.15, 0.2) is 0 Å². The Kier molecular flexibility index (Phi) is 7.64. The molecule has 3 heterocycles. The zero-order valence-electron chi connectivity index (χ0n) is 17.9. The number of halogens is 1. The van der Waals surface area contributed by atoms with Crippen LogP contribution in [0.15, 0.2) is 53.6 Å². The summed E-state index contributed by atoms with van der Waals surface area (Å²) in [5, 5.41) is 2.97. The van der Waals surface area contributed by atoms with Crippen molar-refractivity contribution in [3.63, 3.8) is 0 Å². The van der Waals surface area contributed by atoms with Crippen LogP contribution in [0.3, 0.4) is 0 Å². The van der Waals surface area contributed by atoms with E-state index in [9.17, 15) is 14.4 Å². The Balaban J connectivity index is 1.21. The van der Waals surface area contributed by atoms with Gasteiger partial charge in [-0.05, 0) is 41.6 Å². The zero-order valence-corrected chi connectivity index (χ0v) is 19.5. The van der Waals surface area contributed by atoms with Gasteiger partial charge in [-0.15, -0.1) is 0 Å². The second kappa shape index (κ2) is 10.8. The van der Waals surface area contributed by atoms with Crippen LogP contribution in [0, 0.1) is 0 Å². The van der Waals surface area contributed by atoms with E-state index in [1.54, 1.807) is 30.5 Å². The fourth-order valence-electron chi connectivity index (χ4n) is 3.67. The van der Waals surface area contributed by atoms with Crippen LogP contribution in [0.5, 0.6) is 0 Å². The van der Waals surface area contributed by atoms with Gasteiger partial charge in [0.25, 0.3) is 11.1 Å². The van der Waals surface area contributed by atoms with E-state index in [1.165, 1.54) is 0 Å². The molecular weight excluding hydrogens is 462 g/mol. The molecule has 2 saturated heterocycles. The normalized spacial score (nSPS) is 18.3. The fourth-order valence-corrected chi connectivity index (χ4v) is 4.71. The summed E-state index contributed by atoms with van der Waals surface area (Å²) >= 11 is 7.02. The molecule has 0 unspecified atom stereocenters. The number of amides is 3. The number of nitrogens with zero attached hydrogens (tertiary/aromatic N) is 4. The number of thioether (sulfide) groups is 1. The Bertz CT molecular complexity index is 1060. The van der Waals surface area contributed by atoms with Crippen LogP contribution in [-0.2, 0) is 9.59 Å². The molecule has 1 aromatic carbocycles. The highest BCUT2D eigenvalue weighted by Crippen LogP contribution is 2.33. The van der Waals surface area contributed by atoms with Crippen molar-refractivity contribution in [2.75, 3.05) is 50.7 Å². The fraction of sp³-hybridized carbons (Fsp3) is 0.304. The summed E-state index contributed by atoms with van der Waals surface area (Å²) in [7, 11) is 0. The largest absolute Gasteiger partial charge is 0.354 e. The van der Waals surface area contributed by atoms with Crippen molar-refractivity contribution in [1.82, 2.24) is 20.1 Å². The van der Waals surface area contributed by atoms with Crippen LogP contribution >= 0.6 is 23.4 Å². The van der Waals surface area contributed by atoms with Crippen LogP contribution in [0.25, 0.3) is 6.08 Å². The maximum Gasteiger partial charge on any atom is 0.293 e. The van der Waals surface area contributed by atoms with Gasteiger partial charge in [-0.25, -0.2) is 4.98 Å². The number of rotatable bonds is 7. The Hall–Kier alpha value is -2.88. The molecule has 1 N–H and O–H groups in total. The first kappa shape index (κ1) is 23.3. The average Bonchev–Trinajstić information content (AvgIpc) is 3.09. The van der Waals surface area contributed by atoms with Gasteiger partial charge in [-0.3, -0.25) is 24.2 Å². The molecule has 33 heavy (non-hydrogen) atoms. The molecule has 0 atom stereocenters. The molecule has 0 aliphatic carbocycles. The van der Waals surface area contributed by atoms with Gasteiger partial charge in [-0.2, -0.15) is 0 Å².